The van der Waals surface area contributed by atoms with Crippen molar-refractivity contribution in [3.63, 3.8) is 0 Å². The molecule has 2 aromatic carbocycles. The highest BCUT2D eigenvalue weighted by Crippen LogP contribution is 2.43. The summed E-state index contributed by atoms with van der Waals surface area (Å²) in [7, 11) is 0. The molecular formula is C13H7BrF3N3O4. The van der Waals surface area contributed by atoms with Crippen LogP contribution in [0.5, 0.6) is 0 Å². The zero-order valence-corrected chi connectivity index (χ0v) is 13.1. The number of hydrogen-bond donors (Lipinski definition) is 1. The molecule has 2 rings (SSSR count). The van der Waals surface area contributed by atoms with Gasteiger partial charge in [0.25, 0.3) is 11.4 Å². The number of benzene rings is 2. The fourth-order valence-electron chi connectivity index (χ4n) is 1.93. The zero-order valence-electron chi connectivity index (χ0n) is 11.5. The lowest BCUT2D eigenvalue weighted by Gasteiger charge is -2.15. The fraction of sp³-hybridized carbons (Fsp3) is 0.0769. The number of nitro benzene ring substituents is 2. The monoisotopic (exact) mass is 405 g/mol. The van der Waals surface area contributed by atoms with Crippen molar-refractivity contribution in [1.29, 1.82) is 0 Å². The summed E-state index contributed by atoms with van der Waals surface area (Å²) in [6.45, 7) is 0. The van der Waals surface area contributed by atoms with Crippen molar-refractivity contribution in [2.45, 2.75) is 6.18 Å². The van der Waals surface area contributed by atoms with E-state index in [9.17, 15) is 33.4 Å². The Morgan fingerprint density at radius 3 is 2.21 bits per heavy atom. The Labute approximate surface area is 140 Å². The molecule has 0 heterocycles. The molecule has 2 aromatic rings. The Balaban J connectivity index is 2.71. The number of nitrogens with zero attached hydrogens (tertiary/aromatic N) is 2. The third-order valence-electron chi connectivity index (χ3n) is 2.91. The highest BCUT2D eigenvalue weighted by molar-refractivity contribution is 9.10. The second kappa shape index (κ2) is 6.43. The molecule has 126 valence electrons. The van der Waals surface area contributed by atoms with Crippen LogP contribution in [-0.2, 0) is 6.18 Å². The second-order valence-electron chi connectivity index (χ2n) is 4.53. The standard InChI is InChI=1S/C13H7BrF3N3O4/c14-7-2-1-3-8(4-7)18-12-10(13(15,16)17)5-9(19(21)22)6-11(12)20(23)24/h1-6,18H. The van der Waals surface area contributed by atoms with Crippen LogP contribution in [0, 0.1) is 20.2 Å². The van der Waals surface area contributed by atoms with Gasteiger partial charge in [0.05, 0.1) is 21.5 Å². The largest absolute Gasteiger partial charge is 0.418 e. The average molecular weight is 406 g/mol. The molecule has 0 unspecified atom stereocenters. The van der Waals surface area contributed by atoms with E-state index in [4.69, 9.17) is 0 Å². The van der Waals surface area contributed by atoms with Crippen molar-refractivity contribution in [3.05, 3.63) is 66.7 Å². The molecular weight excluding hydrogens is 399 g/mol. The molecule has 0 saturated carbocycles. The Hall–Kier alpha value is -2.69. The molecule has 0 aliphatic carbocycles. The number of halogens is 4. The third kappa shape index (κ3) is 3.79. The molecule has 0 saturated heterocycles. The van der Waals surface area contributed by atoms with Crippen LogP contribution < -0.4 is 5.32 Å². The van der Waals surface area contributed by atoms with Gasteiger partial charge in [-0.05, 0) is 18.2 Å². The highest BCUT2D eigenvalue weighted by atomic mass is 79.9. The minimum absolute atomic E-state index is 0.145. The molecule has 0 aliphatic rings. The van der Waals surface area contributed by atoms with Crippen molar-refractivity contribution in [2.24, 2.45) is 0 Å². The number of alkyl halides is 3. The van der Waals surface area contributed by atoms with Crippen molar-refractivity contribution in [2.75, 3.05) is 5.32 Å². The molecule has 1 N–H and O–H groups in total. The first kappa shape index (κ1) is 17.7. The van der Waals surface area contributed by atoms with Gasteiger partial charge in [0.1, 0.15) is 5.69 Å². The zero-order chi connectivity index (χ0) is 18.1. The number of nitro groups is 2. The third-order valence-corrected chi connectivity index (χ3v) is 3.40. The molecule has 0 amide bonds. The van der Waals surface area contributed by atoms with E-state index in [1.165, 1.54) is 18.2 Å². The maximum atomic E-state index is 13.2. The summed E-state index contributed by atoms with van der Waals surface area (Å²) in [5.74, 6) is 0. The van der Waals surface area contributed by atoms with Crippen molar-refractivity contribution in [3.8, 4) is 0 Å². The van der Waals surface area contributed by atoms with E-state index in [-0.39, 0.29) is 11.8 Å². The van der Waals surface area contributed by atoms with E-state index in [2.05, 4.69) is 21.2 Å². The summed E-state index contributed by atoms with van der Waals surface area (Å²) in [5.41, 5.74) is -4.28. The number of anilines is 2. The second-order valence-corrected chi connectivity index (χ2v) is 5.45. The Kier molecular flexibility index (Phi) is 4.73. The number of hydrogen-bond acceptors (Lipinski definition) is 5. The smallest absolute Gasteiger partial charge is 0.349 e. The minimum atomic E-state index is -5.02. The summed E-state index contributed by atoms with van der Waals surface area (Å²) in [4.78, 5) is 19.6. The van der Waals surface area contributed by atoms with E-state index < -0.39 is 38.6 Å². The quantitative estimate of drug-likeness (QED) is 0.568. The Bertz CT molecular complexity index is 827. The van der Waals surface area contributed by atoms with Crippen LogP contribution in [0.4, 0.5) is 35.9 Å². The van der Waals surface area contributed by atoms with Crippen molar-refractivity contribution < 1.29 is 23.0 Å². The first-order valence-electron chi connectivity index (χ1n) is 6.16. The average Bonchev–Trinajstić information content (AvgIpc) is 2.45. The molecule has 0 aliphatic heterocycles. The Morgan fingerprint density at radius 1 is 1.04 bits per heavy atom. The van der Waals surface area contributed by atoms with Crippen LogP contribution in [0.25, 0.3) is 0 Å². The maximum absolute atomic E-state index is 13.2. The molecule has 0 aromatic heterocycles. The summed E-state index contributed by atoms with van der Waals surface area (Å²) in [6, 6.07) is 6.67. The molecule has 0 fully saturated rings. The molecule has 0 spiro atoms. The lowest BCUT2D eigenvalue weighted by Crippen LogP contribution is -2.11. The van der Waals surface area contributed by atoms with Crippen LogP contribution in [0.1, 0.15) is 5.56 Å². The lowest BCUT2D eigenvalue weighted by atomic mass is 10.1. The van der Waals surface area contributed by atoms with Crippen LogP contribution in [0.2, 0.25) is 0 Å². The van der Waals surface area contributed by atoms with Crippen LogP contribution in [0.15, 0.2) is 40.9 Å². The van der Waals surface area contributed by atoms with Gasteiger partial charge in [-0.3, -0.25) is 20.2 Å². The minimum Gasteiger partial charge on any atom is -0.349 e. The normalized spacial score (nSPS) is 11.2. The first-order valence-corrected chi connectivity index (χ1v) is 6.95. The summed E-state index contributed by atoms with van der Waals surface area (Å²) in [6.07, 6.45) is -5.02. The van der Waals surface area contributed by atoms with Gasteiger partial charge in [0, 0.05) is 16.2 Å². The predicted molar refractivity (Wildman–Crippen MR) is 82.2 cm³/mol. The highest BCUT2D eigenvalue weighted by Gasteiger charge is 2.39. The van der Waals surface area contributed by atoms with Crippen LogP contribution in [0.3, 0.4) is 0 Å². The molecule has 24 heavy (non-hydrogen) atoms. The predicted octanol–water partition coefficient (Wildman–Crippen LogP) is 5.03. The van der Waals surface area contributed by atoms with Gasteiger partial charge in [-0.25, -0.2) is 0 Å². The van der Waals surface area contributed by atoms with E-state index in [0.29, 0.717) is 10.5 Å². The topological polar surface area (TPSA) is 98.3 Å². The van der Waals surface area contributed by atoms with Gasteiger partial charge in [0.15, 0.2) is 0 Å². The fourth-order valence-corrected chi connectivity index (χ4v) is 2.33. The van der Waals surface area contributed by atoms with Gasteiger partial charge in [-0.1, -0.05) is 22.0 Å². The molecule has 11 heteroatoms. The maximum Gasteiger partial charge on any atom is 0.418 e. The summed E-state index contributed by atoms with van der Waals surface area (Å²) < 4.78 is 40.2. The molecule has 7 nitrogen and oxygen atoms in total. The molecule has 0 radical (unpaired) electrons. The lowest BCUT2D eigenvalue weighted by molar-refractivity contribution is -0.394. The van der Waals surface area contributed by atoms with Crippen molar-refractivity contribution in [1.82, 2.24) is 0 Å². The van der Waals surface area contributed by atoms with Crippen molar-refractivity contribution >= 4 is 38.7 Å². The van der Waals surface area contributed by atoms with Gasteiger partial charge < -0.3 is 5.32 Å². The summed E-state index contributed by atoms with van der Waals surface area (Å²) >= 11 is 3.13. The first-order chi connectivity index (χ1) is 11.1. The van der Waals surface area contributed by atoms with E-state index >= 15 is 0 Å². The van der Waals surface area contributed by atoms with Gasteiger partial charge in [0.2, 0.25) is 0 Å². The van der Waals surface area contributed by atoms with Crippen LogP contribution >= 0.6 is 15.9 Å². The Morgan fingerprint density at radius 2 is 1.71 bits per heavy atom. The van der Waals surface area contributed by atoms with Gasteiger partial charge >= 0.3 is 6.18 Å². The van der Waals surface area contributed by atoms with Crippen LogP contribution in [-0.4, -0.2) is 9.85 Å². The van der Waals surface area contributed by atoms with E-state index in [1.807, 2.05) is 0 Å². The number of non-ortho nitro benzene ring substituents is 1. The van der Waals surface area contributed by atoms with E-state index in [0.717, 1.165) is 0 Å². The molecule has 0 bridgehead atoms. The SMILES string of the molecule is O=[N+]([O-])c1cc([N+](=O)[O-])c(Nc2cccc(Br)c2)c(C(F)(F)F)c1. The summed E-state index contributed by atoms with van der Waals surface area (Å²) in [5, 5.41) is 24.2. The van der Waals surface area contributed by atoms with Gasteiger partial charge in [-0.2, -0.15) is 13.2 Å². The molecule has 0 atom stereocenters. The number of nitrogens with one attached hydrogen (secondary N) is 1. The number of rotatable bonds is 4. The van der Waals surface area contributed by atoms with Gasteiger partial charge in [-0.15, -0.1) is 0 Å². The van der Waals surface area contributed by atoms with E-state index in [1.54, 1.807) is 6.07 Å².